The van der Waals surface area contributed by atoms with Crippen LogP contribution < -0.4 is 0 Å². The third-order valence-corrected chi connectivity index (χ3v) is 7.21. The zero-order valence-corrected chi connectivity index (χ0v) is 18.5. The maximum Gasteiger partial charge on any atom is 0.243 e. The Hall–Kier alpha value is -2.18. The topological polar surface area (TPSA) is 57.7 Å². The first-order valence-electron chi connectivity index (χ1n) is 10.3. The highest BCUT2D eigenvalue weighted by atomic mass is 32.2. The summed E-state index contributed by atoms with van der Waals surface area (Å²) in [6, 6.07) is 17.1. The molecular formula is C23H32N2O3S. The molecule has 0 atom stereocenters. The summed E-state index contributed by atoms with van der Waals surface area (Å²) in [4.78, 5) is 14.8. The quantitative estimate of drug-likeness (QED) is 0.561. The Balaban J connectivity index is 1.92. The second kappa shape index (κ2) is 11.1. The normalized spacial score (nSPS) is 11.6. The van der Waals surface area contributed by atoms with Gasteiger partial charge in [-0.3, -0.25) is 4.79 Å². The van der Waals surface area contributed by atoms with Crippen molar-refractivity contribution in [2.45, 2.75) is 44.9 Å². The first kappa shape index (κ1) is 23.1. The van der Waals surface area contributed by atoms with Crippen LogP contribution in [0.2, 0.25) is 0 Å². The highest BCUT2D eigenvalue weighted by Crippen LogP contribution is 2.17. The van der Waals surface area contributed by atoms with Crippen molar-refractivity contribution >= 4 is 15.9 Å². The molecule has 2 aromatic rings. The smallest absolute Gasteiger partial charge is 0.243 e. The Labute approximate surface area is 175 Å². The zero-order chi connectivity index (χ0) is 21.3. The average Bonchev–Trinajstić information content (AvgIpc) is 2.74. The summed E-state index contributed by atoms with van der Waals surface area (Å²) in [7, 11) is -3.44. The molecule has 0 fully saturated rings. The first-order chi connectivity index (χ1) is 13.9. The van der Waals surface area contributed by atoms with Crippen LogP contribution in [-0.4, -0.2) is 49.7 Å². The van der Waals surface area contributed by atoms with Crippen molar-refractivity contribution in [3.05, 3.63) is 65.7 Å². The standard InChI is InChI=1S/C23H32N2O3S/c1-4-24(19-18-20-10-8-7-9-11-20)23(26)17-14-21-12-15-22(16-13-21)29(27,28)25(5-2)6-3/h7-13,15-16H,4-6,14,17-19H2,1-3H3. The summed E-state index contributed by atoms with van der Waals surface area (Å²) >= 11 is 0. The lowest BCUT2D eigenvalue weighted by atomic mass is 10.1. The molecule has 0 saturated heterocycles. The molecule has 1 amide bonds. The monoisotopic (exact) mass is 416 g/mol. The van der Waals surface area contributed by atoms with Gasteiger partial charge in [0.1, 0.15) is 0 Å². The summed E-state index contributed by atoms with van der Waals surface area (Å²) in [6.45, 7) is 7.95. The number of carbonyl (C=O) groups is 1. The van der Waals surface area contributed by atoms with E-state index < -0.39 is 10.0 Å². The van der Waals surface area contributed by atoms with Crippen LogP contribution >= 0.6 is 0 Å². The molecule has 0 aliphatic heterocycles. The van der Waals surface area contributed by atoms with Crippen LogP contribution in [-0.2, 0) is 27.7 Å². The van der Waals surface area contributed by atoms with Gasteiger partial charge >= 0.3 is 0 Å². The maximum atomic E-state index is 12.6. The molecule has 0 spiro atoms. The van der Waals surface area contributed by atoms with Crippen LogP contribution in [0.15, 0.2) is 59.5 Å². The molecule has 2 rings (SSSR count). The van der Waals surface area contributed by atoms with Crippen molar-refractivity contribution in [2.24, 2.45) is 0 Å². The van der Waals surface area contributed by atoms with E-state index in [9.17, 15) is 13.2 Å². The number of likely N-dealkylation sites (N-methyl/N-ethyl adjacent to an activating group) is 1. The highest BCUT2D eigenvalue weighted by molar-refractivity contribution is 7.89. The number of benzene rings is 2. The van der Waals surface area contributed by atoms with Gasteiger partial charge in [0.15, 0.2) is 0 Å². The molecule has 5 nitrogen and oxygen atoms in total. The van der Waals surface area contributed by atoms with Gasteiger partial charge in [-0.25, -0.2) is 8.42 Å². The summed E-state index contributed by atoms with van der Waals surface area (Å²) in [5, 5.41) is 0. The largest absolute Gasteiger partial charge is 0.343 e. The van der Waals surface area contributed by atoms with Crippen molar-refractivity contribution < 1.29 is 13.2 Å². The van der Waals surface area contributed by atoms with Crippen LogP contribution in [0.5, 0.6) is 0 Å². The van der Waals surface area contributed by atoms with E-state index in [0.29, 0.717) is 43.9 Å². The molecule has 158 valence electrons. The van der Waals surface area contributed by atoms with Gasteiger partial charge in [0.25, 0.3) is 0 Å². The molecule has 0 unspecified atom stereocenters. The van der Waals surface area contributed by atoms with Crippen LogP contribution in [0.1, 0.15) is 38.3 Å². The molecule has 0 heterocycles. The summed E-state index contributed by atoms with van der Waals surface area (Å²) in [5.41, 5.74) is 2.19. The Morgan fingerprint density at radius 2 is 1.38 bits per heavy atom. The Morgan fingerprint density at radius 1 is 0.793 bits per heavy atom. The lowest BCUT2D eigenvalue weighted by molar-refractivity contribution is -0.130. The molecule has 0 N–H and O–H groups in total. The summed E-state index contributed by atoms with van der Waals surface area (Å²) in [5.74, 6) is 0.128. The van der Waals surface area contributed by atoms with Crippen LogP contribution in [0.4, 0.5) is 0 Å². The zero-order valence-electron chi connectivity index (χ0n) is 17.7. The minimum Gasteiger partial charge on any atom is -0.343 e. The van der Waals surface area contributed by atoms with Gasteiger partial charge in [-0.15, -0.1) is 0 Å². The van der Waals surface area contributed by atoms with Gasteiger partial charge in [0.2, 0.25) is 15.9 Å². The molecule has 0 bridgehead atoms. The second-order valence-corrected chi connectivity index (χ2v) is 8.88. The fraction of sp³-hybridized carbons (Fsp3) is 0.435. The van der Waals surface area contributed by atoms with E-state index in [1.807, 2.05) is 56.0 Å². The predicted molar refractivity (Wildman–Crippen MR) is 117 cm³/mol. The van der Waals surface area contributed by atoms with E-state index in [0.717, 1.165) is 12.0 Å². The molecule has 6 heteroatoms. The van der Waals surface area contributed by atoms with Crippen molar-refractivity contribution in [3.8, 4) is 0 Å². The Morgan fingerprint density at radius 3 is 1.93 bits per heavy atom. The van der Waals surface area contributed by atoms with E-state index in [-0.39, 0.29) is 5.91 Å². The molecule has 0 saturated carbocycles. The van der Waals surface area contributed by atoms with Crippen LogP contribution in [0.25, 0.3) is 0 Å². The molecule has 0 radical (unpaired) electrons. The Kier molecular flexibility index (Phi) is 8.86. The number of rotatable bonds is 11. The van der Waals surface area contributed by atoms with Gasteiger partial charge in [0, 0.05) is 32.6 Å². The molecule has 0 aromatic heterocycles. The van der Waals surface area contributed by atoms with E-state index in [2.05, 4.69) is 12.1 Å². The number of hydrogen-bond donors (Lipinski definition) is 0. The van der Waals surface area contributed by atoms with Gasteiger partial charge in [-0.05, 0) is 43.0 Å². The van der Waals surface area contributed by atoms with Gasteiger partial charge in [-0.2, -0.15) is 4.31 Å². The molecule has 2 aromatic carbocycles. The predicted octanol–water partition coefficient (Wildman–Crippen LogP) is 3.74. The van der Waals surface area contributed by atoms with Crippen molar-refractivity contribution in [3.63, 3.8) is 0 Å². The maximum absolute atomic E-state index is 12.6. The fourth-order valence-corrected chi connectivity index (χ4v) is 4.78. The lowest BCUT2D eigenvalue weighted by Gasteiger charge is -2.21. The summed E-state index contributed by atoms with van der Waals surface area (Å²) < 4.78 is 26.5. The minimum absolute atomic E-state index is 0.128. The first-order valence-corrected chi connectivity index (χ1v) is 11.8. The van der Waals surface area contributed by atoms with Crippen molar-refractivity contribution in [1.82, 2.24) is 9.21 Å². The molecule has 29 heavy (non-hydrogen) atoms. The van der Waals surface area contributed by atoms with Crippen LogP contribution in [0.3, 0.4) is 0 Å². The number of nitrogens with zero attached hydrogens (tertiary/aromatic N) is 2. The second-order valence-electron chi connectivity index (χ2n) is 6.94. The van der Waals surface area contributed by atoms with Gasteiger partial charge < -0.3 is 4.90 Å². The van der Waals surface area contributed by atoms with Gasteiger partial charge in [-0.1, -0.05) is 56.3 Å². The van der Waals surface area contributed by atoms with Crippen LogP contribution in [0, 0.1) is 0 Å². The van der Waals surface area contributed by atoms with Gasteiger partial charge in [0.05, 0.1) is 4.90 Å². The highest BCUT2D eigenvalue weighted by Gasteiger charge is 2.21. The van der Waals surface area contributed by atoms with Crippen molar-refractivity contribution in [1.29, 1.82) is 0 Å². The number of carbonyl (C=O) groups excluding carboxylic acids is 1. The van der Waals surface area contributed by atoms with E-state index >= 15 is 0 Å². The lowest BCUT2D eigenvalue weighted by Crippen LogP contribution is -2.32. The molecule has 0 aliphatic carbocycles. The third kappa shape index (κ3) is 6.41. The number of sulfonamides is 1. The average molecular weight is 417 g/mol. The van der Waals surface area contributed by atoms with E-state index in [4.69, 9.17) is 0 Å². The number of hydrogen-bond acceptors (Lipinski definition) is 3. The summed E-state index contributed by atoms with van der Waals surface area (Å²) in [6.07, 6.45) is 1.87. The van der Waals surface area contributed by atoms with Crippen molar-refractivity contribution in [2.75, 3.05) is 26.2 Å². The SMILES string of the molecule is CCN(CCc1ccccc1)C(=O)CCc1ccc(S(=O)(=O)N(CC)CC)cc1. The Bertz CT molecular complexity index is 861. The van der Waals surface area contributed by atoms with E-state index in [1.165, 1.54) is 9.87 Å². The fourth-order valence-electron chi connectivity index (χ4n) is 3.32. The van der Waals surface area contributed by atoms with E-state index in [1.54, 1.807) is 12.1 Å². The molecular weight excluding hydrogens is 384 g/mol. The minimum atomic E-state index is -3.44. The third-order valence-electron chi connectivity index (χ3n) is 5.14. The molecule has 0 aliphatic rings. The number of aryl methyl sites for hydroxylation is 1. The number of amides is 1.